The second kappa shape index (κ2) is 6.31. The highest BCUT2D eigenvalue weighted by Gasteiger charge is 2.15. The van der Waals surface area contributed by atoms with Crippen molar-refractivity contribution >= 4 is 0 Å². The number of nitrogens with two attached hydrogens (primary N) is 1. The van der Waals surface area contributed by atoms with Gasteiger partial charge in [0, 0.05) is 51.6 Å². The van der Waals surface area contributed by atoms with Gasteiger partial charge in [0.2, 0.25) is 0 Å². The molecule has 0 aromatic carbocycles. The Morgan fingerprint density at radius 2 is 2.11 bits per heavy atom. The second-order valence-corrected chi connectivity index (χ2v) is 5.20. The summed E-state index contributed by atoms with van der Waals surface area (Å²) < 4.78 is 5.50. The lowest BCUT2D eigenvalue weighted by Crippen LogP contribution is -2.45. The van der Waals surface area contributed by atoms with Crippen molar-refractivity contribution in [2.75, 3.05) is 46.3 Å². The van der Waals surface area contributed by atoms with Gasteiger partial charge in [-0.1, -0.05) is 6.92 Å². The highest BCUT2D eigenvalue weighted by molar-refractivity contribution is 5.03. The van der Waals surface area contributed by atoms with E-state index in [-0.39, 0.29) is 5.92 Å². The fourth-order valence-electron chi connectivity index (χ4n) is 2.11. The number of nitrogens with zero attached hydrogens (tertiary/aromatic N) is 3. The van der Waals surface area contributed by atoms with Gasteiger partial charge >= 0.3 is 0 Å². The van der Waals surface area contributed by atoms with E-state index in [1.165, 1.54) is 0 Å². The number of aromatic nitrogens is 1. The van der Waals surface area contributed by atoms with Crippen LogP contribution in [-0.4, -0.2) is 61.1 Å². The molecule has 1 saturated heterocycles. The van der Waals surface area contributed by atoms with Gasteiger partial charge in [0.05, 0.1) is 5.69 Å². The van der Waals surface area contributed by atoms with E-state index in [9.17, 15) is 0 Å². The summed E-state index contributed by atoms with van der Waals surface area (Å²) in [5, 5.41) is 0. The van der Waals surface area contributed by atoms with E-state index in [0.29, 0.717) is 6.54 Å². The van der Waals surface area contributed by atoms with Gasteiger partial charge < -0.3 is 20.0 Å². The van der Waals surface area contributed by atoms with Crippen molar-refractivity contribution in [1.29, 1.82) is 0 Å². The van der Waals surface area contributed by atoms with Crippen LogP contribution < -0.4 is 5.73 Å². The Bertz CT molecular complexity index is 358. The summed E-state index contributed by atoms with van der Waals surface area (Å²) in [7, 11) is 2.17. The summed E-state index contributed by atoms with van der Waals surface area (Å²) in [6.07, 6.45) is 2.64. The maximum absolute atomic E-state index is 5.62. The normalized spacial score (nSPS) is 20.2. The highest BCUT2D eigenvalue weighted by atomic mass is 16.3. The average molecular weight is 252 g/mol. The van der Waals surface area contributed by atoms with E-state index in [4.69, 9.17) is 10.2 Å². The van der Waals surface area contributed by atoms with Gasteiger partial charge in [-0.15, -0.1) is 0 Å². The van der Waals surface area contributed by atoms with E-state index in [1.807, 2.05) is 0 Å². The molecule has 0 aliphatic carbocycles. The van der Waals surface area contributed by atoms with Crippen molar-refractivity contribution in [2.24, 2.45) is 5.73 Å². The van der Waals surface area contributed by atoms with E-state index in [0.717, 1.165) is 50.7 Å². The summed E-state index contributed by atoms with van der Waals surface area (Å²) in [6, 6.07) is 0. The SMILES string of the molecule is CC(CN)c1coc(CCN2CCN(C)CC2)n1. The molecule has 18 heavy (non-hydrogen) atoms. The minimum atomic E-state index is 0.283. The first kappa shape index (κ1) is 13.5. The summed E-state index contributed by atoms with van der Waals surface area (Å²) in [5.41, 5.74) is 6.60. The zero-order valence-electron chi connectivity index (χ0n) is 11.4. The molecule has 0 radical (unpaired) electrons. The van der Waals surface area contributed by atoms with Crippen LogP contribution in [0.25, 0.3) is 0 Å². The largest absolute Gasteiger partial charge is 0.449 e. The van der Waals surface area contributed by atoms with Gasteiger partial charge in [0.15, 0.2) is 5.89 Å². The molecule has 1 aliphatic rings. The van der Waals surface area contributed by atoms with Gasteiger partial charge in [-0.3, -0.25) is 0 Å². The molecule has 2 heterocycles. The minimum Gasteiger partial charge on any atom is -0.449 e. The first-order valence-corrected chi connectivity index (χ1v) is 6.74. The molecule has 1 fully saturated rings. The summed E-state index contributed by atoms with van der Waals surface area (Å²) in [4.78, 5) is 9.33. The van der Waals surface area contributed by atoms with Crippen molar-refractivity contribution in [3.8, 4) is 0 Å². The predicted octanol–water partition coefficient (Wildman–Crippen LogP) is 0.527. The third kappa shape index (κ3) is 3.54. The third-order valence-electron chi connectivity index (χ3n) is 3.67. The van der Waals surface area contributed by atoms with Gasteiger partial charge in [0.25, 0.3) is 0 Å². The molecule has 0 amide bonds. The molecule has 0 bridgehead atoms. The molecule has 1 unspecified atom stereocenters. The molecule has 0 saturated carbocycles. The van der Waals surface area contributed by atoms with Crippen LogP contribution in [0.15, 0.2) is 10.7 Å². The van der Waals surface area contributed by atoms with Crippen LogP contribution in [0.3, 0.4) is 0 Å². The van der Waals surface area contributed by atoms with Crippen molar-refractivity contribution < 1.29 is 4.42 Å². The Hall–Kier alpha value is -0.910. The van der Waals surface area contributed by atoms with Crippen LogP contribution in [0.2, 0.25) is 0 Å². The Balaban J connectivity index is 1.78. The average Bonchev–Trinajstić information content (AvgIpc) is 2.86. The van der Waals surface area contributed by atoms with Crippen LogP contribution in [0.5, 0.6) is 0 Å². The third-order valence-corrected chi connectivity index (χ3v) is 3.67. The van der Waals surface area contributed by atoms with E-state index in [2.05, 4.69) is 28.8 Å². The van der Waals surface area contributed by atoms with Crippen molar-refractivity contribution in [1.82, 2.24) is 14.8 Å². The number of hydrogen-bond donors (Lipinski definition) is 1. The molecule has 102 valence electrons. The zero-order chi connectivity index (χ0) is 13.0. The molecule has 5 heteroatoms. The molecule has 1 aromatic heterocycles. The number of piperazine rings is 1. The Morgan fingerprint density at radius 3 is 2.78 bits per heavy atom. The molecule has 1 aliphatic heterocycles. The Labute approximate surface area is 109 Å². The van der Waals surface area contributed by atoms with Crippen molar-refractivity contribution in [2.45, 2.75) is 19.3 Å². The molecule has 2 rings (SSSR count). The Morgan fingerprint density at radius 1 is 1.39 bits per heavy atom. The number of oxazole rings is 1. The number of hydrogen-bond acceptors (Lipinski definition) is 5. The van der Waals surface area contributed by atoms with Gasteiger partial charge in [-0.05, 0) is 7.05 Å². The first-order valence-electron chi connectivity index (χ1n) is 6.74. The highest BCUT2D eigenvalue weighted by Crippen LogP contribution is 2.13. The lowest BCUT2D eigenvalue weighted by atomic mass is 10.1. The fourth-order valence-corrected chi connectivity index (χ4v) is 2.11. The summed E-state index contributed by atoms with van der Waals surface area (Å²) in [5.74, 6) is 1.12. The quantitative estimate of drug-likeness (QED) is 0.828. The van der Waals surface area contributed by atoms with Gasteiger partial charge in [-0.25, -0.2) is 4.98 Å². The summed E-state index contributed by atoms with van der Waals surface area (Å²) in [6.45, 7) is 8.31. The van der Waals surface area contributed by atoms with Crippen LogP contribution >= 0.6 is 0 Å². The molecule has 2 N–H and O–H groups in total. The van der Waals surface area contributed by atoms with Crippen LogP contribution in [0, 0.1) is 0 Å². The topological polar surface area (TPSA) is 58.5 Å². The Kier molecular flexibility index (Phi) is 4.74. The fraction of sp³-hybridized carbons (Fsp3) is 0.769. The lowest BCUT2D eigenvalue weighted by Gasteiger charge is -2.31. The molecule has 0 spiro atoms. The van der Waals surface area contributed by atoms with Gasteiger partial charge in [0.1, 0.15) is 6.26 Å². The first-order chi connectivity index (χ1) is 8.69. The van der Waals surface area contributed by atoms with Crippen molar-refractivity contribution in [3.05, 3.63) is 17.8 Å². The van der Waals surface area contributed by atoms with Crippen molar-refractivity contribution in [3.63, 3.8) is 0 Å². The van der Waals surface area contributed by atoms with Gasteiger partial charge in [-0.2, -0.15) is 0 Å². The molecule has 5 nitrogen and oxygen atoms in total. The van der Waals surface area contributed by atoms with Crippen LogP contribution in [-0.2, 0) is 6.42 Å². The zero-order valence-corrected chi connectivity index (χ0v) is 11.4. The predicted molar refractivity (Wildman–Crippen MR) is 71.6 cm³/mol. The maximum Gasteiger partial charge on any atom is 0.195 e. The second-order valence-electron chi connectivity index (χ2n) is 5.20. The minimum absolute atomic E-state index is 0.283. The molecule has 1 aromatic rings. The summed E-state index contributed by atoms with van der Waals surface area (Å²) >= 11 is 0. The number of rotatable bonds is 5. The van der Waals surface area contributed by atoms with Crippen LogP contribution in [0.1, 0.15) is 24.4 Å². The standard InChI is InChI=1S/C13H24N4O/c1-11(9-14)12-10-18-13(15-12)3-4-17-7-5-16(2)6-8-17/h10-11H,3-9,14H2,1-2H3. The smallest absolute Gasteiger partial charge is 0.195 e. The number of likely N-dealkylation sites (N-methyl/N-ethyl adjacent to an activating group) is 1. The van der Waals surface area contributed by atoms with Crippen LogP contribution in [0.4, 0.5) is 0 Å². The van der Waals surface area contributed by atoms with E-state index < -0.39 is 0 Å². The molecular formula is C13H24N4O. The lowest BCUT2D eigenvalue weighted by molar-refractivity contribution is 0.153. The van der Waals surface area contributed by atoms with E-state index in [1.54, 1.807) is 6.26 Å². The van der Waals surface area contributed by atoms with E-state index >= 15 is 0 Å². The molecule has 1 atom stereocenters. The molecular weight excluding hydrogens is 228 g/mol. The maximum atomic E-state index is 5.62. The monoisotopic (exact) mass is 252 g/mol.